The van der Waals surface area contributed by atoms with E-state index in [0.29, 0.717) is 10.3 Å². The number of carbonyl (C=O) groups is 2. The summed E-state index contributed by atoms with van der Waals surface area (Å²) in [5.41, 5.74) is 2.95. The lowest BCUT2D eigenvalue weighted by atomic mass is 10.0. The van der Waals surface area contributed by atoms with Crippen LogP contribution in [-0.2, 0) is 9.59 Å². The van der Waals surface area contributed by atoms with E-state index in [-0.39, 0.29) is 6.04 Å². The van der Waals surface area contributed by atoms with Gasteiger partial charge in [-0.1, -0.05) is 30.3 Å². The summed E-state index contributed by atoms with van der Waals surface area (Å²) in [4.78, 5) is 26.1. The second-order valence-electron chi connectivity index (χ2n) is 6.71. The summed E-state index contributed by atoms with van der Waals surface area (Å²) >= 11 is 5.66. The molecule has 28 heavy (non-hydrogen) atoms. The van der Waals surface area contributed by atoms with Crippen LogP contribution >= 0.6 is 35.3 Å². The number of thioether (sulfide) groups is 3. The van der Waals surface area contributed by atoms with Crippen molar-refractivity contribution in [2.45, 2.75) is 28.4 Å². The molecule has 1 saturated heterocycles. The number of amides is 2. The fourth-order valence-corrected chi connectivity index (χ4v) is 7.35. The van der Waals surface area contributed by atoms with Crippen molar-refractivity contribution in [1.29, 1.82) is 0 Å². The number of hydrogen-bond acceptors (Lipinski definition) is 5. The minimum absolute atomic E-state index is 0.114. The van der Waals surface area contributed by atoms with Crippen LogP contribution in [0.1, 0.15) is 34.6 Å². The number of benzene rings is 2. The molecule has 7 heteroatoms. The van der Waals surface area contributed by atoms with Crippen molar-refractivity contribution < 1.29 is 9.59 Å². The Kier molecular flexibility index (Phi) is 6.54. The number of fused-ring (bicyclic) bond motifs is 1. The summed E-state index contributed by atoms with van der Waals surface area (Å²) in [7, 11) is 0. The van der Waals surface area contributed by atoms with Gasteiger partial charge in [-0.15, -0.1) is 35.3 Å². The molecule has 2 aromatic carbocycles. The Morgan fingerprint density at radius 1 is 0.929 bits per heavy atom. The van der Waals surface area contributed by atoms with E-state index in [1.54, 1.807) is 11.8 Å². The Morgan fingerprint density at radius 3 is 2.61 bits per heavy atom. The minimum atomic E-state index is -0.614. The molecule has 0 aliphatic carbocycles. The molecular weight excluding hydrogens is 408 g/mol. The van der Waals surface area contributed by atoms with Crippen LogP contribution < -0.4 is 10.6 Å². The van der Waals surface area contributed by atoms with Crippen LogP contribution in [0.5, 0.6) is 0 Å². The van der Waals surface area contributed by atoms with Crippen LogP contribution in [0.25, 0.3) is 0 Å². The molecule has 0 bridgehead atoms. The smallest absolute Gasteiger partial charge is 0.313 e. The highest BCUT2D eigenvalue weighted by Gasteiger charge is 2.25. The van der Waals surface area contributed by atoms with Crippen LogP contribution in [0.15, 0.2) is 53.4 Å². The van der Waals surface area contributed by atoms with E-state index in [1.165, 1.54) is 16.9 Å². The molecule has 2 aliphatic heterocycles. The highest BCUT2D eigenvalue weighted by Crippen LogP contribution is 2.44. The molecule has 146 valence electrons. The Balaban J connectivity index is 1.39. The van der Waals surface area contributed by atoms with Crippen molar-refractivity contribution in [2.24, 2.45) is 0 Å². The van der Waals surface area contributed by atoms with Crippen molar-refractivity contribution in [3.8, 4) is 0 Å². The normalized spacial score (nSPS) is 19.5. The predicted octanol–water partition coefficient (Wildman–Crippen LogP) is 4.85. The molecule has 2 amide bonds. The minimum Gasteiger partial charge on any atom is -0.341 e. The van der Waals surface area contributed by atoms with Crippen molar-refractivity contribution >= 4 is 52.8 Å². The molecule has 1 fully saturated rings. The third-order valence-electron chi connectivity index (χ3n) is 4.71. The quantitative estimate of drug-likeness (QED) is 0.682. The van der Waals surface area contributed by atoms with E-state index in [0.717, 1.165) is 29.2 Å². The largest absolute Gasteiger partial charge is 0.341 e. The number of carbonyl (C=O) groups excluding carboxylic acids is 2. The van der Waals surface area contributed by atoms with E-state index < -0.39 is 11.8 Å². The molecular formula is C21H22N2O2S3. The summed E-state index contributed by atoms with van der Waals surface area (Å²) in [6.45, 7) is 0. The van der Waals surface area contributed by atoms with Gasteiger partial charge in [0.1, 0.15) is 0 Å². The first-order valence-electron chi connectivity index (χ1n) is 9.37. The summed E-state index contributed by atoms with van der Waals surface area (Å²) in [6, 6.07) is 15.8. The third kappa shape index (κ3) is 4.70. The molecule has 4 nitrogen and oxygen atoms in total. The average molecular weight is 431 g/mol. The molecule has 0 saturated carbocycles. The van der Waals surface area contributed by atoms with E-state index in [9.17, 15) is 9.59 Å². The lowest BCUT2D eigenvalue weighted by molar-refractivity contribution is -0.136. The number of nitrogens with one attached hydrogen (secondary N) is 2. The maximum absolute atomic E-state index is 12.5. The zero-order valence-corrected chi connectivity index (χ0v) is 17.8. The molecule has 1 unspecified atom stereocenters. The first-order valence-corrected chi connectivity index (χ1v) is 12.5. The monoisotopic (exact) mass is 430 g/mol. The first-order chi connectivity index (χ1) is 13.7. The van der Waals surface area contributed by atoms with Gasteiger partial charge >= 0.3 is 11.8 Å². The summed E-state index contributed by atoms with van der Waals surface area (Å²) in [5.74, 6) is 2.06. The van der Waals surface area contributed by atoms with Crippen molar-refractivity contribution in [2.75, 3.05) is 22.6 Å². The Morgan fingerprint density at radius 2 is 1.75 bits per heavy atom. The van der Waals surface area contributed by atoms with Gasteiger partial charge in [-0.3, -0.25) is 9.59 Å². The summed E-state index contributed by atoms with van der Waals surface area (Å²) in [5, 5.41) is 5.66. The standard InChI is InChI=1S/C21H22N2O2S3/c24-19(20(25)23-17-9-12-26-18-8-2-1-7-16(17)18)22-15-6-3-5-14(13-15)21-27-10-4-11-28-21/h1-3,5-8,13,17,21H,4,9-12H2,(H,22,24)(H,23,25). The van der Waals surface area contributed by atoms with Crippen LogP contribution in [0.3, 0.4) is 0 Å². The Bertz CT molecular complexity index is 868. The van der Waals surface area contributed by atoms with E-state index in [1.807, 2.05) is 59.9 Å². The molecule has 2 heterocycles. The van der Waals surface area contributed by atoms with Gasteiger partial charge in [0.15, 0.2) is 0 Å². The molecule has 0 radical (unpaired) electrons. The second kappa shape index (κ2) is 9.29. The van der Waals surface area contributed by atoms with Gasteiger partial charge < -0.3 is 10.6 Å². The van der Waals surface area contributed by atoms with Gasteiger partial charge in [0, 0.05) is 16.3 Å². The molecule has 2 aromatic rings. The molecule has 0 aromatic heterocycles. The van der Waals surface area contributed by atoms with Crippen LogP contribution in [0.2, 0.25) is 0 Å². The van der Waals surface area contributed by atoms with Crippen LogP contribution in [0.4, 0.5) is 5.69 Å². The zero-order valence-electron chi connectivity index (χ0n) is 15.4. The number of rotatable bonds is 3. The highest BCUT2D eigenvalue weighted by atomic mass is 32.2. The molecule has 2 aliphatic rings. The summed E-state index contributed by atoms with van der Waals surface area (Å²) < 4.78 is 0.399. The Hall–Kier alpha value is -1.57. The molecule has 0 spiro atoms. The van der Waals surface area contributed by atoms with Gasteiger partial charge in [0.25, 0.3) is 0 Å². The summed E-state index contributed by atoms with van der Waals surface area (Å²) in [6.07, 6.45) is 2.07. The lowest BCUT2D eigenvalue weighted by Gasteiger charge is -2.25. The Labute approximate surface area is 178 Å². The van der Waals surface area contributed by atoms with E-state index in [2.05, 4.69) is 22.8 Å². The fourth-order valence-electron chi connectivity index (χ4n) is 3.35. The second-order valence-corrected chi connectivity index (χ2v) is 10.6. The zero-order chi connectivity index (χ0) is 19.3. The van der Waals surface area contributed by atoms with Gasteiger partial charge in [-0.2, -0.15) is 0 Å². The predicted molar refractivity (Wildman–Crippen MR) is 120 cm³/mol. The van der Waals surface area contributed by atoms with E-state index in [4.69, 9.17) is 0 Å². The SMILES string of the molecule is O=C(Nc1cccc(C2SCCCS2)c1)C(=O)NC1CCSc2ccccc21. The van der Waals surface area contributed by atoms with Gasteiger partial charge in [0.05, 0.1) is 10.6 Å². The molecule has 4 rings (SSSR count). The average Bonchev–Trinajstić information content (AvgIpc) is 2.75. The van der Waals surface area contributed by atoms with Crippen molar-refractivity contribution in [1.82, 2.24) is 5.32 Å². The maximum Gasteiger partial charge on any atom is 0.313 e. The maximum atomic E-state index is 12.5. The van der Waals surface area contributed by atoms with Crippen LogP contribution in [0, 0.1) is 0 Å². The molecule has 2 N–H and O–H groups in total. The van der Waals surface area contributed by atoms with Gasteiger partial charge in [0.2, 0.25) is 0 Å². The first kappa shape index (κ1) is 19.7. The van der Waals surface area contributed by atoms with Gasteiger partial charge in [-0.25, -0.2) is 0 Å². The van der Waals surface area contributed by atoms with Crippen molar-refractivity contribution in [3.63, 3.8) is 0 Å². The molecule has 1 atom stereocenters. The topological polar surface area (TPSA) is 58.2 Å². The third-order valence-corrected chi connectivity index (χ3v) is 8.85. The van der Waals surface area contributed by atoms with E-state index >= 15 is 0 Å². The number of hydrogen-bond donors (Lipinski definition) is 2. The fraction of sp³-hybridized carbons (Fsp3) is 0.333. The van der Waals surface area contributed by atoms with Crippen molar-refractivity contribution in [3.05, 3.63) is 59.7 Å². The lowest BCUT2D eigenvalue weighted by Crippen LogP contribution is -2.38. The van der Waals surface area contributed by atoms with Gasteiger partial charge in [-0.05, 0) is 53.7 Å². The van der Waals surface area contributed by atoms with Crippen LogP contribution in [-0.4, -0.2) is 29.1 Å². The number of anilines is 1. The highest BCUT2D eigenvalue weighted by molar-refractivity contribution is 8.16.